The van der Waals surface area contributed by atoms with Crippen LogP contribution in [-0.4, -0.2) is 0 Å². The lowest BCUT2D eigenvalue weighted by atomic mass is 9.92. The van der Waals surface area contributed by atoms with E-state index in [0.717, 1.165) is 6.42 Å². The maximum Gasteiger partial charge on any atom is -0.0273 e. The first-order valence-corrected chi connectivity index (χ1v) is 19.7. The molecule has 1 aromatic rings. The summed E-state index contributed by atoms with van der Waals surface area (Å²) < 4.78 is 0. The number of rotatable bonds is 33. The Kier molecular flexibility index (Phi) is 29.6. The van der Waals surface area contributed by atoms with E-state index in [9.17, 15) is 0 Å². The molecule has 0 aliphatic carbocycles. The predicted molar refractivity (Wildman–Crippen MR) is 193 cm³/mol. The SMILES string of the molecule is [CH2]Cc1c(CCCCCCCCCCCCCCCCC)cccc1CCCCCCCCCCCCCCCCC. The van der Waals surface area contributed by atoms with Crippen molar-refractivity contribution in [3.8, 4) is 0 Å². The maximum atomic E-state index is 4.32. The van der Waals surface area contributed by atoms with Gasteiger partial charge < -0.3 is 0 Å². The van der Waals surface area contributed by atoms with Gasteiger partial charge in [-0.05, 0) is 55.7 Å². The molecule has 245 valence electrons. The molecule has 0 aliphatic heterocycles. The molecular weight excluding hydrogens is 504 g/mol. The fourth-order valence-electron chi connectivity index (χ4n) is 6.85. The van der Waals surface area contributed by atoms with Crippen molar-refractivity contribution in [3.05, 3.63) is 41.8 Å². The average Bonchev–Trinajstić information content (AvgIpc) is 3.01. The van der Waals surface area contributed by atoms with Crippen LogP contribution in [0.4, 0.5) is 0 Å². The Balaban J connectivity index is 2.00. The normalized spacial score (nSPS) is 11.5. The van der Waals surface area contributed by atoms with Crippen LogP contribution in [0.5, 0.6) is 0 Å². The van der Waals surface area contributed by atoms with Gasteiger partial charge in [-0.3, -0.25) is 0 Å². The number of aryl methyl sites for hydroxylation is 2. The van der Waals surface area contributed by atoms with Crippen molar-refractivity contribution in [3.63, 3.8) is 0 Å². The van der Waals surface area contributed by atoms with E-state index < -0.39 is 0 Å². The number of hydrogen-bond acceptors (Lipinski definition) is 0. The van der Waals surface area contributed by atoms with Gasteiger partial charge >= 0.3 is 0 Å². The molecule has 0 saturated heterocycles. The first kappa shape index (κ1) is 39.2. The second-order valence-corrected chi connectivity index (χ2v) is 13.7. The molecular formula is C42H77. The summed E-state index contributed by atoms with van der Waals surface area (Å²) in [5, 5.41) is 0. The number of benzene rings is 1. The predicted octanol–water partition coefficient (Wildman–Crippen LogP) is 14.9. The van der Waals surface area contributed by atoms with E-state index in [1.165, 1.54) is 205 Å². The molecule has 0 heterocycles. The molecule has 0 N–H and O–H groups in total. The molecule has 0 heteroatoms. The van der Waals surface area contributed by atoms with Crippen LogP contribution in [0.15, 0.2) is 18.2 Å². The topological polar surface area (TPSA) is 0 Å². The minimum atomic E-state index is 0.961. The Bertz CT molecular complexity index is 606. The Labute approximate surface area is 267 Å². The molecule has 0 aromatic heterocycles. The zero-order chi connectivity index (χ0) is 30.2. The summed E-state index contributed by atoms with van der Waals surface area (Å²) in [4.78, 5) is 0. The molecule has 0 aliphatic rings. The summed E-state index contributed by atoms with van der Waals surface area (Å²) in [6.07, 6.45) is 46.7. The third kappa shape index (κ3) is 23.6. The van der Waals surface area contributed by atoms with E-state index >= 15 is 0 Å². The molecule has 0 bridgehead atoms. The van der Waals surface area contributed by atoms with Crippen molar-refractivity contribution < 1.29 is 0 Å². The minimum Gasteiger partial charge on any atom is -0.0654 e. The van der Waals surface area contributed by atoms with Gasteiger partial charge in [-0.15, -0.1) is 0 Å². The van der Waals surface area contributed by atoms with Crippen molar-refractivity contribution in [2.75, 3.05) is 0 Å². The Hall–Kier alpha value is -0.780. The largest absolute Gasteiger partial charge is 0.0654 e. The zero-order valence-corrected chi connectivity index (χ0v) is 29.3. The monoisotopic (exact) mass is 582 g/mol. The molecule has 0 fully saturated rings. The standard InChI is InChI=1S/C42H77/c1-4-7-9-11-13-15-17-19-21-23-25-27-29-31-33-36-40-38-35-39-41(42(40)6-3)37-34-32-30-28-26-24-22-20-18-16-14-12-10-8-5-2/h35,38-39H,3-34,36-37H2,1-2H3. The maximum absolute atomic E-state index is 4.32. The highest BCUT2D eigenvalue weighted by Gasteiger charge is 2.07. The van der Waals surface area contributed by atoms with Crippen LogP contribution in [0.3, 0.4) is 0 Å². The van der Waals surface area contributed by atoms with Crippen molar-refractivity contribution in [1.29, 1.82) is 0 Å². The van der Waals surface area contributed by atoms with Gasteiger partial charge in [0.15, 0.2) is 0 Å². The fraction of sp³-hybridized carbons (Fsp3) is 0.833. The van der Waals surface area contributed by atoms with Gasteiger partial charge in [0.25, 0.3) is 0 Å². The Morgan fingerprint density at radius 1 is 0.357 bits per heavy atom. The lowest BCUT2D eigenvalue weighted by Crippen LogP contribution is -2.00. The van der Waals surface area contributed by atoms with E-state index in [1.807, 2.05) is 0 Å². The third-order valence-electron chi connectivity index (χ3n) is 9.72. The molecule has 0 nitrogen and oxygen atoms in total. The Morgan fingerprint density at radius 2 is 0.595 bits per heavy atom. The van der Waals surface area contributed by atoms with Crippen LogP contribution in [0.1, 0.15) is 223 Å². The number of unbranched alkanes of at least 4 members (excludes halogenated alkanes) is 28. The summed E-state index contributed by atoms with van der Waals surface area (Å²) in [5.74, 6) is 0. The molecule has 0 saturated carbocycles. The average molecular weight is 582 g/mol. The van der Waals surface area contributed by atoms with Gasteiger partial charge in [0.1, 0.15) is 0 Å². The van der Waals surface area contributed by atoms with E-state index in [4.69, 9.17) is 0 Å². The second kappa shape index (κ2) is 31.6. The van der Waals surface area contributed by atoms with Crippen LogP contribution in [0.25, 0.3) is 0 Å². The number of hydrogen-bond donors (Lipinski definition) is 0. The van der Waals surface area contributed by atoms with Crippen LogP contribution in [0, 0.1) is 6.92 Å². The van der Waals surface area contributed by atoms with Gasteiger partial charge in [0.05, 0.1) is 0 Å². The summed E-state index contributed by atoms with van der Waals surface area (Å²) in [5.41, 5.74) is 4.77. The summed E-state index contributed by atoms with van der Waals surface area (Å²) in [6, 6.07) is 7.10. The van der Waals surface area contributed by atoms with Gasteiger partial charge in [-0.1, -0.05) is 212 Å². The van der Waals surface area contributed by atoms with Crippen LogP contribution in [-0.2, 0) is 19.3 Å². The third-order valence-corrected chi connectivity index (χ3v) is 9.72. The highest BCUT2D eigenvalue weighted by Crippen LogP contribution is 2.22. The molecule has 0 atom stereocenters. The molecule has 0 amide bonds. The van der Waals surface area contributed by atoms with Crippen molar-refractivity contribution >= 4 is 0 Å². The highest BCUT2D eigenvalue weighted by molar-refractivity contribution is 5.36. The van der Waals surface area contributed by atoms with Gasteiger partial charge in [0.2, 0.25) is 0 Å². The smallest absolute Gasteiger partial charge is 0.0273 e. The molecule has 1 rings (SSSR count). The molecule has 0 unspecified atom stereocenters. The first-order chi connectivity index (χ1) is 20.8. The summed E-state index contributed by atoms with van der Waals surface area (Å²) in [6.45, 7) is 8.93. The molecule has 42 heavy (non-hydrogen) atoms. The summed E-state index contributed by atoms with van der Waals surface area (Å²) >= 11 is 0. The van der Waals surface area contributed by atoms with Gasteiger partial charge in [0, 0.05) is 0 Å². The lowest BCUT2D eigenvalue weighted by Gasteiger charge is -2.14. The second-order valence-electron chi connectivity index (χ2n) is 13.7. The quantitative estimate of drug-likeness (QED) is 0.0724. The molecule has 0 spiro atoms. The van der Waals surface area contributed by atoms with Crippen LogP contribution < -0.4 is 0 Å². The van der Waals surface area contributed by atoms with Gasteiger partial charge in [-0.25, -0.2) is 0 Å². The first-order valence-electron chi connectivity index (χ1n) is 19.7. The molecule has 1 aromatic carbocycles. The van der Waals surface area contributed by atoms with Crippen molar-refractivity contribution in [2.24, 2.45) is 0 Å². The highest BCUT2D eigenvalue weighted by atomic mass is 14.1. The lowest BCUT2D eigenvalue weighted by molar-refractivity contribution is 0.531. The van der Waals surface area contributed by atoms with Crippen LogP contribution in [0.2, 0.25) is 0 Å². The summed E-state index contributed by atoms with van der Waals surface area (Å²) in [7, 11) is 0. The van der Waals surface area contributed by atoms with E-state index in [-0.39, 0.29) is 0 Å². The van der Waals surface area contributed by atoms with Gasteiger partial charge in [-0.2, -0.15) is 0 Å². The van der Waals surface area contributed by atoms with E-state index in [0.29, 0.717) is 0 Å². The van der Waals surface area contributed by atoms with Crippen molar-refractivity contribution in [2.45, 2.75) is 226 Å². The van der Waals surface area contributed by atoms with Crippen molar-refractivity contribution in [1.82, 2.24) is 0 Å². The Morgan fingerprint density at radius 3 is 0.833 bits per heavy atom. The van der Waals surface area contributed by atoms with E-state index in [1.54, 1.807) is 16.7 Å². The minimum absolute atomic E-state index is 0.961. The van der Waals surface area contributed by atoms with Crippen LogP contribution >= 0.6 is 0 Å². The fourth-order valence-corrected chi connectivity index (χ4v) is 6.85. The zero-order valence-electron chi connectivity index (χ0n) is 29.3. The van der Waals surface area contributed by atoms with E-state index in [2.05, 4.69) is 39.0 Å². The molecule has 1 radical (unpaired) electrons.